The molecule has 6 nitrogen and oxygen atoms in total. The molecule has 0 aliphatic rings. The third-order valence-electron chi connectivity index (χ3n) is 3.28. The van der Waals surface area contributed by atoms with Crippen molar-refractivity contribution in [2.24, 2.45) is 0 Å². The summed E-state index contributed by atoms with van der Waals surface area (Å²) in [7, 11) is 0. The molecule has 2 aromatic heterocycles. The van der Waals surface area contributed by atoms with Gasteiger partial charge in [-0.25, -0.2) is 0 Å². The highest BCUT2D eigenvalue weighted by Crippen LogP contribution is 2.27. The average Bonchev–Trinajstić information content (AvgIpc) is 3.30. The maximum atomic E-state index is 11.9. The molecule has 1 aromatic carbocycles. The number of thiophene rings is 1. The van der Waals surface area contributed by atoms with Crippen LogP contribution in [0.15, 0.2) is 64.4 Å². The van der Waals surface area contributed by atoms with Crippen LogP contribution in [-0.2, 0) is 6.61 Å². The summed E-state index contributed by atoms with van der Waals surface area (Å²) in [5.74, 6) is 1.09. The molecular formula is C18H13NO5S. The summed E-state index contributed by atoms with van der Waals surface area (Å²) in [4.78, 5) is 23.0. The Hall–Kier alpha value is -3.19. The number of nitrogens with zero attached hydrogens (tertiary/aromatic N) is 1. The van der Waals surface area contributed by atoms with Gasteiger partial charge in [0.1, 0.15) is 18.1 Å². The Labute approximate surface area is 147 Å². The number of furan rings is 1. The Morgan fingerprint density at radius 3 is 2.80 bits per heavy atom. The molecule has 0 aliphatic heterocycles. The van der Waals surface area contributed by atoms with Crippen molar-refractivity contribution < 1.29 is 18.9 Å². The molecule has 0 fully saturated rings. The maximum absolute atomic E-state index is 11.9. The van der Waals surface area contributed by atoms with E-state index in [0.717, 1.165) is 0 Å². The highest BCUT2D eigenvalue weighted by atomic mass is 32.1. The summed E-state index contributed by atoms with van der Waals surface area (Å²) in [6, 6.07) is 13.1. The fraction of sp³-hybridized carbons (Fsp3) is 0.0556. The van der Waals surface area contributed by atoms with Crippen LogP contribution in [0, 0.1) is 10.1 Å². The summed E-state index contributed by atoms with van der Waals surface area (Å²) in [5, 5.41) is 12.8. The largest absolute Gasteiger partial charge is 0.479 e. The monoisotopic (exact) mass is 355 g/mol. The summed E-state index contributed by atoms with van der Waals surface area (Å²) in [6.07, 6.45) is 3.02. The fourth-order valence-electron chi connectivity index (χ4n) is 2.10. The number of para-hydroxylation sites is 2. The second kappa shape index (κ2) is 7.59. The highest BCUT2D eigenvalue weighted by molar-refractivity contribution is 7.12. The lowest BCUT2D eigenvalue weighted by molar-refractivity contribution is -0.386. The minimum atomic E-state index is -0.498. The first-order valence-electron chi connectivity index (χ1n) is 7.34. The molecular weight excluding hydrogens is 342 g/mol. The molecule has 0 aliphatic carbocycles. The second-order valence-corrected chi connectivity index (χ2v) is 5.94. The van der Waals surface area contributed by atoms with E-state index in [1.165, 1.54) is 29.5 Å². The van der Waals surface area contributed by atoms with Gasteiger partial charge < -0.3 is 9.15 Å². The van der Waals surface area contributed by atoms with Gasteiger partial charge in [0.2, 0.25) is 0 Å². The van der Waals surface area contributed by atoms with Crippen molar-refractivity contribution in [2.75, 3.05) is 0 Å². The normalized spacial score (nSPS) is 10.9. The number of allylic oxidation sites excluding steroid dienone is 1. The van der Waals surface area contributed by atoms with Crippen molar-refractivity contribution in [3.05, 3.63) is 86.5 Å². The molecule has 126 valence electrons. The quantitative estimate of drug-likeness (QED) is 0.265. The highest BCUT2D eigenvalue weighted by Gasteiger charge is 2.14. The predicted octanol–water partition coefficient (Wildman–Crippen LogP) is 4.72. The Balaban J connectivity index is 1.63. The van der Waals surface area contributed by atoms with Crippen LogP contribution in [0.5, 0.6) is 5.75 Å². The lowest BCUT2D eigenvalue weighted by Gasteiger charge is -2.04. The molecule has 0 bridgehead atoms. The lowest BCUT2D eigenvalue weighted by Crippen LogP contribution is -1.97. The molecule has 3 aromatic rings. The second-order valence-electron chi connectivity index (χ2n) is 4.99. The summed E-state index contributed by atoms with van der Waals surface area (Å²) in [5.41, 5.74) is -0.101. The Bertz CT molecular complexity index is 911. The zero-order chi connectivity index (χ0) is 17.6. The fourth-order valence-corrected chi connectivity index (χ4v) is 2.74. The molecule has 25 heavy (non-hydrogen) atoms. The number of benzene rings is 1. The van der Waals surface area contributed by atoms with Crippen LogP contribution in [-0.4, -0.2) is 10.7 Å². The number of hydrogen-bond acceptors (Lipinski definition) is 6. The predicted molar refractivity (Wildman–Crippen MR) is 93.8 cm³/mol. The minimum Gasteiger partial charge on any atom is -0.479 e. The standard InChI is InChI=1S/C18H13NO5S/c20-16(18-6-3-11-25-18)10-9-13-7-8-14(24-13)12-23-17-5-2-1-4-15(17)19(21)22/h1-11H,12H2/b10-9+. The molecule has 7 heteroatoms. The van der Waals surface area contributed by atoms with Crippen LogP contribution in [0.25, 0.3) is 6.08 Å². The SMILES string of the molecule is O=C(/C=C/c1ccc(COc2ccccc2[N+](=O)[O-])o1)c1cccs1. The smallest absolute Gasteiger partial charge is 0.310 e. The lowest BCUT2D eigenvalue weighted by atomic mass is 10.3. The molecule has 2 heterocycles. The molecule has 0 radical (unpaired) electrons. The van der Waals surface area contributed by atoms with E-state index in [4.69, 9.17) is 9.15 Å². The van der Waals surface area contributed by atoms with Crippen molar-refractivity contribution in [3.63, 3.8) is 0 Å². The van der Waals surface area contributed by atoms with E-state index < -0.39 is 4.92 Å². The van der Waals surface area contributed by atoms with Crippen LogP contribution in [0.1, 0.15) is 21.2 Å². The Morgan fingerprint density at radius 2 is 2.04 bits per heavy atom. The molecule has 3 rings (SSSR count). The van der Waals surface area contributed by atoms with E-state index in [9.17, 15) is 14.9 Å². The van der Waals surface area contributed by atoms with Crippen molar-refractivity contribution in [3.8, 4) is 5.75 Å². The van der Waals surface area contributed by atoms with Gasteiger partial charge in [-0.2, -0.15) is 0 Å². The van der Waals surface area contributed by atoms with Crippen LogP contribution in [0.3, 0.4) is 0 Å². The van der Waals surface area contributed by atoms with Gasteiger partial charge in [0.15, 0.2) is 11.5 Å². The van der Waals surface area contributed by atoms with Crippen molar-refractivity contribution >= 4 is 28.9 Å². The van der Waals surface area contributed by atoms with Gasteiger partial charge in [-0.1, -0.05) is 18.2 Å². The number of nitro groups is 1. The third-order valence-corrected chi connectivity index (χ3v) is 4.16. The van der Waals surface area contributed by atoms with Gasteiger partial charge in [-0.15, -0.1) is 11.3 Å². The average molecular weight is 355 g/mol. The van der Waals surface area contributed by atoms with E-state index in [1.54, 1.807) is 36.4 Å². The van der Waals surface area contributed by atoms with Crippen LogP contribution in [0.4, 0.5) is 5.69 Å². The van der Waals surface area contributed by atoms with Gasteiger partial charge >= 0.3 is 5.69 Å². The first-order chi connectivity index (χ1) is 12.1. The van der Waals surface area contributed by atoms with E-state index in [2.05, 4.69) is 0 Å². The zero-order valence-electron chi connectivity index (χ0n) is 13.0. The molecule has 0 amide bonds. The van der Waals surface area contributed by atoms with E-state index in [0.29, 0.717) is 16.4 Å². The number of carbonyl (C=O) groups excluding carboxylic acids is 1. The van der Waals surface area contributed by atoms with E-state index >= 15 is 0 Å². The summed E-state index contributed by atoms with van der Waals surface area (Å²) < 4.78 is 11.0. The number of ether oxygens (including phenoxy) is 1. The number of carbonyl (C=O) groups is 1. The van der Waals surface area contributed by atoms with Gasteiger partial charge in [0.25, 0.3) is 0 Å². The zero-order valence-corrected chi connectivity index (χ0v) is 13.8. The van der Waals surface area contributed by atoms with Gasteiger partial charge in [-0.05, 0) is 41.8 Å². The van der Waals surface area contributed by atoms with Gasteiger partial charge in [-0.3, -0.25) is 14.9 Å². The summed E-state index contributed by atoms with van der Waals surface area (Å²) in [6.45, 7) is 0.0531. The third kappa shape index (κ3) is 4.21. The Kier molecular flexibility index (Phi) is 5.06. The van der Waals surface area contributed by atoms with Crippen LogP contribution < -0.4 is 4.74 Å². The topological polar surface area (TPSA) is 82.6 Å². The first-order valence-corrected chi connectivity index (χ1v) is 8.22. The minimum absolute atomic E-state index is 0.0531. The van der Waals surface area contributed by atoms with E-state index in [-0.39, 0.29) is 23.8 Å². The molecule has 0 atom stereocenters. The maximum Gasteiger partial charge on any atom is 0.310 e. The number of hydrogen-bond donors (Lipinski definition) is 0. The van der Waals surface area contributed by atoms with E-state index in [1.807, 2.05) is 11.4 Å². The molecule has 0 N–H and O–H groups in total. The first kappa shape index (κ1) is 16.7. The number of nitro benzene ring substituents is 1. The van der Waals surface area contributed by atoms with Gasteiger partial charge in [0, 0.05) is 6.07 Å². The molecule has 0 unspecified atom stereocenters. The summed E-state index contributed by atoms with van der Waals surface area (Å²) >= 11 is 1.37. The van der Waals surface area contributed by atoms with Crippen molar-refractivity contribution in [1.82, 2.24) is 0 Å². The molecule has 0 spiro atoms. The molecule has 0 saturated heterocycles. The van der Waals surface area contributed by atoms with Crippen molar-refractivity contribution in [2.45, 2.75) is 6.61 Å². The van der Waals surface area contributed by atoms with Gasteiger partial charge in [0.05, 0.1) is 9.80 Å². The van der Waals surface area contributed by atoms with Crippen LogP contribution >= 0.6 is 11.3 Å². The number of ketones is 1. The molecule has 0 saturated carbocycles. The number of rotatable bonds is 7. The van der Waals surface area contributed by atoms with Crippen molar-refractivity contribution in [1.29, 1.82) is 0 Å². The van der Waals surface area contributed by atoms with Crippen LogP contribution in [0.2, 0.25) is 0 Å². The Morgan fingerprint density at radius 1 is 1.20 bits per heavy atom.